The number of anilines is 1. The van der Waals surface area contributed by atoms with E-state index in [9.17, 15) is 9.59 Å². The molecule has 0 bridgehead atoms. The van der Waals surface area contributed by atoms with Crippen LogP contribution >= 0.6 is 15.9 Å². The fraction of sp³-hybridized carbons (Fsp3) is 0.385. The molecular weight excluding hydrogens is 298 g/mol. The van der Waals surface area contributed by atoms with Crippen molar-refractivity contribution < 1.29 is 14.7 Å². The number of carboxylic acid groups (broad SMARTS) is 1. The number of carbonyl (C=O) groups excluding carboxylic acids is 1. The molecule has 0 heterocycles. The first kappa shape index (κ1) is 14.7. The van der Waals surface area contributed by atoms with Crippen molar-refractivity contribution >= 4 is 33.9 Å². The Kier molecular flexibility index (Phi) is 5.85. The molecule has 0 fully saturated rings. The van der Waals surface area contributed by atoms with Crippen LogP contribution in [0.15, 0.2) is 22.7 Å². The molecule has 0 aliphatic carbocycles. The second kappa shape index (κ2) is 7.16. The number of nitrogens with zero attached hydrogens (tertiary/aromatic N) is 1. The van der Waals surface area contributed by atoms with Crippen LogP contribution in [0.3, 0.4) is 0 Å². The lowest BCUT2D eigenvalue weighted by Crippen LogP contribution is -2.20. The van der Waals surface area contributed by atoms with Crippen LogP contribution in [-0.2, 0) is 4.79 Å². The Bertz CT molecular complexity index is 434. The lowest BCUT2D eigenvalue weighted by Gasteiger charge is -2.20. The van der Waals surface area contributed by atoms with Gasteiger partial charge in [-0.3, -0.25) is 9.59 Å². The molecule has 0 aliphatic heterocycles. The number of aldehydes is 1. The molecule has 0 saturated heterocycles. The number of hydrogen-bond donors (Lipinski definition) is 1. The van der Waals surface area contributed by atoms with Crippen LogP contribution in [0.5, 0.6) is 0 Å². The second-order valence-electron chi connectivity index (χ2n) is 4.09. The van der Waals surface area contributed by atoms with Crippen LogP contribution in [0.2, 0.25) is 0 Å². The van der Waals surface area contributed by atoms with Crippen molar-refractivity contribution in [1.29, 1.82) is 0 Å². The van der Waals surface area contributed by atoms with Crippen molar-refractivity contribution in [2.45, 2.75) is 19.3 Å². The Morgan fingerprint density at radius 3 is 2.78 bits per heavy atom. The van der Waals surface area contributed by atoms with E-state index in [1.807, 2.05) is 24.1 Å². The van der Waals surface area contributed by atoms with Gasteiger partial charge in [0.25, 0.3) is 0 Å². The number of hydrogen-bond acceptors (Lipinski definition) is 3. The zero-order valence-electron chi connectivity index (χ0n) is 10.2. The highest BCUT2D eigenvalue weighted by Gasteiger charge is 2.07. The highest BCUT2D eigenvalue weighted by atomic mass is 79.9. The number of carboxylic acids is 1. The van der Waals surface area contributed by atoms with Crippen molar-refractivity contribution in [2.24, 2.45) is 0 Å². The second-order valence-corrected chi connectivity index (χ2v) is 5.01. The Balaban J connectivity index is 2.58. The number of benzene rings is 1. The number of aliphatic carboxylic acids is 1. The summed E-state index contributed by atoms with van der Waals surface area (Å²) in [6.07, 6.45) is 2.45. The molecule has 0 aromatic heterocycles. The summed E-state index contributed by atoms with van der Waals surface area (Å²) in [5.74, 6) is -0.769. The van der Waals surface area contributed by atoms with E-state index in [1.54, 1.807) is 6.07 Å². The van der Waals surface area contributed by atoms with E-state index >= 15 is 0 Å². The monoisotopic (exact) mass is 313 g/mol. The smallest absolute Gasteiger partial charge is 0.303 e. The van der Waals surface area contributed by atoms with Gasteiger partial charge < -0.3 is 10.0 Å². The molecule has 1 aromatic rings. The van der Waals surface area contributed by atoms with Gasteiger partial charge in [0.15, 0.2) is 6.29 Å². The maximum Gasteiger partial charge on any atom is 0.303 e. The van der Waals surface area contributed by atoms with Crippen LogP contribution < -0.4 is 4.90 Å². The largest absolute Gasteiger partial charge is 0.481 e. The summed E-state index contributed by atoms with van der Waals surface area (Å²) >= 11 is 3.32. The highest BCUT2D eigenvalue weighted by Crippen LogP contribution is 2.22. The SMILES string of the molecule is CN(CCCCC(=O)O)c1ccc(Br)cc1C=O. The van der Waals surface area contributed by atoms with Crippen LogP contribution in [0.4, 0.5) is 5.69 Å². The molecule has 0 atom stereocenters. The predicted molar refractivity (Wildman–Crippen MR) is 74.3 cm³/mol. The topological polar surface area (TPSA) is 57.6 Å². The minimum atomic E-state index is -0.769. The van der Waals surface area contributed by atoms with Gasteiger partial charge in [0.1, 0.15) is 0 Å². The first-order valence-corrected chi connectivity index (χ1v) is 6.51. The van der Waals surface area contributed by atoms with Crippen LogP contribution in [0.25, 0.3) is 0 Å². The lowest BCUT2D eigenvalue weighted by molar-refractivity contribution is -0.137. The molecule has 1 rings (SSSR count). The van der Waals surface area contributed by atoms with Crippen LogP contribution in [0.1, 0.15) is 29.6 Å². The minimum Gasteiger partial charge on any atom is -0.481 e. The van der Waals surface area contributed by atoms with E-state index in [-0.39, 0.29) is 6.42 Å². The van der Waals surface area contributed by atoms with Gasteiger partial charge in [0.2, 0.25) is 0 Å². The Morgan fingerprint density at radius 1 is 1.44 bits per heavy atom. The number of unbranched alkanes of at least 4 members (excludes halogenated alkanes) is 1. The molecule has 4 nitrogen and oxygen atoms in total. The molecule has 1 aromatic carbocycles. The van der Waals surface area contributed by atoms with E-state index in [1.165, 1.54) is 0 Å². The third kappa shape index (κ3) is 4.49. The predicted octanol–water partition coefficient (Wildman–Crippen LogP) is 2.95. The summed E-state index contributed by atoms with van der Waals surface area (Å²) in [4.78, 5) is 23.3. The number of rotatable bonds is 7. The first-order valence-electron chi connectivity index (χ1n) is 5.72. The Hall–Kier alpha value is -1.36. The highest BCUT2D eigenvalue weighted by molar-refractivity contribution is 9.10. The average Bonchev–Trinajstić information content (AvgIpc) is 2.33. The number of halogens is 1. The first-order chi connectivity index (χ1) is 8.54. The molecule has 18 heavy (non-hydrogen) atoms. The van der Waals surface area contributed by atoms with E-state index in [0.29, 0.717) is 12.0 Å². The summed E-state index contributed by atoms with van der Waals surface area (Å²) in [5.41, 5.74) is 1.49. The van der Waals surface area contributed by atoms with Crippen molar-refractivity contribution in [2.75, 3.05) is 18.5 Å². The molecule has 0 spiro atoms. The third-order valence-corrected chi connectivity index (χ3v) is 3.16. The standard InChI is InChI=1S/C13H16BrNO3/c1-15(7-3-2-4-13(17)18)12-6-5-11(14)8-10(12)9-16/h5-6,8-9H,2-4,7H2,1H3,(H,17,18). The van der Waals surface area contributed by atoms with Gasteiger partial charge >= 0.3 is 5.97 Å². The van der Waals surface area contributed by atoms with E-state index in [4.69, 9.17) is 5.11 Å². The van der Waals surface area contributed by atoms with Gasteiger partial charge in [-0.2, -0.15) is 0 Å². The lowest BCUT2D eigenvalue weighted by atomic mass is 10.1. The maximum absolute atomic E-state index is 11.0. The fourth-order valence-corrected chi connectivity index (χ4v) is 2.09. The zero-order valence-corrected chi connectivity index (χ0v) is 11.8. The minimum absolute atomic E-state index is 0.189. The molecule has 0 aliphatic rings. The Morgan fingerprint density at radius 2 is 2.17 bits per heavy atom. The number of carbonyl (C=O) groups is 2. The fourth-order valence-electron chi connectivity index (χ4n) is 1.71. The molecular formula is C13H16BrNO3. The Labute approximate surface area is 115 Å². The van der Waals surface area contributed by atoms with Crippen molar-refractivity contribution in [3.63, 3.8) is 0 Å². The summed E-state index contributed by atoms with van der Waals surface area (Å²) in [5, 5.41) is 8.54. The van der Waals surface area contributed by atoms with E-state index < -0.39 is 5.97 Å². The summed E-state index contributed by atoms with van der Waals surface area (Å²) in [7, 11) is 1.90. The molecule has 5 heteroatoms. The molecule has 0 unspecified atom stereocenters. The summed E-state index contributed by atoms with van der Waals surface area (Å²) in [6.45, 7) is 0.732. The summed E-state index contributed by atoms with van der Waals surface area (Å²) in [6, 6.07) is 5.54. The van der Waals surface area contributed by atoms with Gasteiger partial charge in [-0.15, -0.1) is 0 Å². The van der Waals surface area contributed by atoms with Crippen molar-refractivity contribution in [3.8, 4) is 0 Å². The van der Waals surface area contributed by atoms with Gasteiger partial charge in [-0.05, 0) is 31.0 Å². The normalized spacial score (nSPS) is 10.1. The van der Waals surface area contributed by atoms with E-state index in [2.05, 4.69) is 15.9 Å². The molecule has 0 saturated carbocycles. The summed E-state index contributed by atoms with van der Waals surface area (Å²) < 4.78 is 0.868. The quantitative estimate of drug-likeness (QED) is 0.621. The van der Waals surface area contributed by atoms with Gasteiger partial charge in [-0.25, -0.2) is 0 Å². The van der Waals surface area contributed by atoms with E-state index in [0.717, 1.165) is 29.4 Å². The zero-order chi connectivity index (χ0) is 13.5. The molecule has 0 amide bonds. The van der Waals surface area contributed by atoms with Crippen molar-refractivity contribution in [1.82, 2.24) is 0 Å². The van der Waals surface area contributed by atoms with Crippen molar-refractivity contribution in [3.05, 3.63) is 28.2 Å². The third-order valence-electron chi connectivity index (χ3n) is 2.66. The molecule has 0 radical (unpaired) electrons. The maximum atomic E-state index is 11.0. The van der Waals surface area contributed by atoms with Gasteiger partial charge in [0.05, 0.1) is 0 Å². The van der Waals surface area contributed by atoms with Crippen LogP contribution in [0, 0.1) is 0 Å². The van der Waals surface area contributed by atoms with Crippen LogP contribution in [-0.4, -0.2) is 31.0 Å². The van der Waals surface area contributed by atoms with Gasteiger partial charge in [-0.1, -0.05) is 15.9 Å². The average molecular weight is 314 g/mol. The molecule has 98 valence electrons. The van der Waals surface area contributed by atoms with Gasteiger partial charge in [0, 0.05) is 35.7 Å². The molecule has 1 N–H and O–H groups in total.